The third-order valence-electron chi connectivity index (χ3n) is 1.52. The van der Waals surface area contributed by atoms with Crippen LogP contribution in [0.25, 0.3) is 0 Å². The van der Waals surface area contributed by atoms with E-state index in [0.29, 0.717) is 12.1 Å². The Morgan fingerprint density at radius 3 is 2.50 bits per heavy atom. The van der Waals surface area contributed by atoms with E-state index in [0.717, 1.165) is 18.5 Å². The summed E-state index contributed by atoms with van der Waals surface area (Å²) < 4.78 is 0. The average molecular weight is 164 g/mol. The maximum absolute atomic E-state index is 10.3. The van der Waals surface area contributed by atoms with E-state index in [-0.39, 0.29) is 0 Å². The lowest BCUT2D eigenvalue weighted by Crippen LogP contribution is -2.12. The van der Waals surface area contributed by atoms with Gasteiger partial charge in [0.25, 0.3) is 0 Å². The number of rotatable bonds is 4. The summed E-state index contributed by atoms with van der Waals surface area (Å²) in [7, 11) is 0. The Labute approximate surface area is 71.6 Å². The Bertz CT molecular complexity index is 243. The van der Waals surface area contributed by atoms with Crippen LogP contribution in [0.1, 0.15) is 10.4 Å². The first kappa shape index (κ1) is 8.74. The minimum Gasteiger partial charge on any atom is -0.384 e. The predicted molar refractivity (Wildman–Crippen MR) is 49.4 cm³/mol. The molecule has 0 saturated heterocycles. The number of nitrogens with two attached hydrogens (primary N) is 1. The van der Waals surface area contributed by atoms with Crippen LogP contribution < -0.4 is 11.1 Å². The number of nitrogens with one attached hydrogen (secondary N) is 1. The normalized spacial score (nSPS) is 9.42. The van der Waals surface area contributed by atoms with Gasteiger partial charge in [0.15, 0.2) is 0 Å². The molecule has 3 N–H and O–H groups in total. The number of carbonyl (C=O) groups is 1. The zero-order valence-electron chi connectivity index (χ0n) is 6.79. The molecule has 1 aromatic rings. The standard InChI is InChI=1S/C9H12N2O/c10-5-6-11-9-3-1-8(7-12)2-4-9/h1-4,7,11H,5-6,10H2. The molecular weight excluding hydrogens is 152 g/mol. The molecule has 1 aromatic carbocycles. The fourth-order valence-corrected chi connectivity index (χ4v) is 0.896. The van der Waals surface area contributed by atoms with Gasteiger partial charge in [0.1, 0.15) is 6.29 Å². The molecule has 0 aromatic heterocycles. The summed E-state index contributed by atoms with van der Waals surface area (Å²) in [5, 5.41) is 3.10. The van der Waals surface area contributed by atoms with Gasteiger partial charge in [0.05, 0.1) is 0 Å². The highest BCUT2D eigenvalue weighted by Gasteiger charge is 1.90. The molecular formula is C9H12N2O. The molecule has 0 aliphatic heterocycles. The minimum absolute atomic E-state index is 0.607. The van der Waals surface area contributed by atoms with Gasteiger partial charge in [-0.1, -0.05) is 0 Å². The van der Waals surface area contributed by atoms with Crippen molar-refractivity contribution in [1.29, 1.82) is 0 Å². The van der Waals surface area contributed by atoms with Gasteiger partial charge in [-0.2, -0.15) is 0 Å². The van der Waals surface area contributed by atoms with E-state index in [1.165, 1.54) is 0 Å². The lowest BCUT2D eigenvalue weighted by molar-refractivity contribution is 0.112. The predicted octanol–water partition coefficient (Wildman–Crippen LogP) is 0.870. The molecule has 0 spiro atoms. The molecule has 0 saturated carbocycles. The van der Waals surface area contributed by atoms with Crippen molar-refractivity contribution in [3.05, 3.63) is 29.8 Å². The number of hydrogen-bond donors (Lipinski definition) is 2. The Morgan fingerprint density at radius 2 is 2.00 bits per heavy atom. The summed E-state index contributed by atoms with van der Waals surface area (Å²) in [5.74, 6) is 0. The molecule has 1 rings (SSSR count). The highest BCUT2D eigenvalue weighted by molar-refractivity contribution is 5.75. The zero-order valence-corrected chi connectivity index (χ0v) is 6.79. The van der Waals surface area contributed by atoms with Crippen LogP contribution in [0.15, 0.2) is 24.3 Å². The number of benzene rings is 1. The molecule has 0 fully saturated rings. The maximum atomic E-state index is 10.3. The van der Waals surface area contributed by atoms with E-state index in [9.17, 15) is 4.79 Å². The zero-order chi connectivity index (χ0) is 8.81. The van der Waals surface area contributed by atoms with Crippen LogP contribution in [-0.2, 0) is 0 Å². The van der Waals surface area contributed by atoms with Crippen LogP contribution in [0.4, 0.5) is 5.69 Å². The fourth-order valence-electron chi connectivity index (χ4n) is 0.896. The van der Waals surface area contributed by atoms with Crippen molar-refractivity contribution in [3.63, 3.8) is 0 Å². The summed E-state index contributed by atoms with van der Waals surface area (Å²) in [6.07, 6.45) is 0.826. The van der Waals surface area contributed by atoms with Crippen molar-refractivity contribution in [2.45, 2.75) is 0 Å². The van der Waals surface area contributed by atoms with E-state index in [4.69, 9.17) is 5.73 Å². The molecule has 3 heteroatoms. The van der Waals surface area contributed by atoms with Gasteiger partial charge in [0, 0.05) is 24.3 Å². The van der Waals surface area contributed by atoms with Crippen LogP contribution in [-0.4, -0.2) is 19.4 Å². The van der Waals surface area contributed by atoms with E-state index in [2.05, 4.69) is 5.32 Å². The van der Waals surface area contributed by atoms with Crippen LogP contribution in [0.5, 0.6) is 0 Å². The Hall–Kier alpha value is -1.35. The second-order valence-corrected chi connectivity index (χ2v) is 2.46. The van der Waals surface area contributed by atoms with Crippen LogP contribution in [0, 0.1) is 0 Å². The van der Waals surface area contributed by atoms with Crippen molar-refractivity contribution in [2.75, 3.05) is 18.4 Å². The van der Waals surface area contributed by atoms with Gasteiger partial charge in [-0.25, -0.2) is 0 Å². The Morgan fingerprint density at radius 1 is 1.33 bits per heavy atom. The second kappa shape index (κ2) is 4.51. The van der Waals surface area contributed by atoms with E-state index in [1.54, 1.807) is 12.1 Å². The molecule has 3 nitrogen and oxygen atoms in total. The number of aldehydes is 1. The second-order valence-electron chi connectivity index (χ2n) is 2.46. The molecule has 0 heterocycles. The topological polar surface area (TPSA) is 55.1 Å². The van der Waals surface area contributed by atoms with Crippen molar-refractivity contribution in [2.24, 2.45) is 5.73 Å². The minimum atomic E-state index is 0.607. The van der Waals surface area contributed by atoms with Crippen molar-refractivity contribution in [1.82, 2.24) is 0 Å². The van der Waals surface area contributed by atoms with Crippen LogP contribution >= 0.6 is 0 Å². The van der Waals surface area contributed by atoms with E-state index < -0.39 is 0 Å². The first-order chi connectivity index (χ1) is 5.86. The monoisotopic (exact) mass is 164 g/mol. The summed E-state index contributed by atoms with van der Waals surface area (Å²) in [5.41, 5.74) is 6.99. The average Bonchev–Trinajstić information content (AvgIpc) is 2.15. The van der Waals surface area contributed by atoms with Gasteiger partial charge >= 0.3 is 0 Å². The van der Waals surface area contributed by atoms with Crippen molar-refractivity contribution in [3.8, 4) is 0 Å². The Kier molecular flexibility index (Phi) is 3.29. The van der Waals surface area contributed by atoms with Gasteiger partial charge in [-0.3, -0.25) is 4.79 Å². The third-order valence-corrected chi connectivity index (χ3v) is 1.52. The van der Waals surface area contributed by atoms with Gasteiger partial charge in [-0.15, -0.1) is 0 Å². The Balaban J connectivity index is 2.58. The van der Waals surface area contributed by atoms with Crippen molar-refractivity contribution < 1.29 is 4.79 Å². The van der Waals surface area contributed by atoms with Crippen LogP contribution in [0.3, 0.4) is 0 Å². The lowest BCUT2D eigenvalue weighted by Gasteiger charge is -2.03. The summed E-state index contributed by atoms with van der Waals surface area (Å²) in [4.78, 5) is 10.3. The smallest absolute Gasteiger partial charge is 0.150 e. The molecule has 0 bridgehead atoms. The molecule has 0 amide bonds. The number of anilines is 1. The number of carbonyl (C=O) groups excluding carboxylic acids is 1. The van der Waals surface area contributed by atoms with Gasteiger partial charge in [0.2, 0.25) is 0 Å². The fraction of sp³-hybridized carbons (Fsp3) is 0.222. The molecule has 64 valence electrons. The summed E-state index contributed by atoms with van der Waals surface area (Å²) in [6, 6.07) is 7.26. The molecule has 0 aliphatic carbocycles. The molecule has 0 atom stereocenters. The van der Waals surface area contributed by atoms with Gasteiger partial charge < -0.3 is 11.1 Å². The van der Waals surface area contributed by atoms with Crippen LogP contribution in [0.2, 0.25) is 0 Å². The quantitative estimate of drug-likeness (QED) is 0.649. The summed E-state index contributed by atoms with van der Waals surface area (Å²) >= 11 is 0. The maximum Gasteiger partial charge on any atom is 0.150 e. The highest BCUT2D eigenvalue weighted by atomic mass is 16.1. The van der Waals surface area contributed by atoms with E-state index in [1.807, 2.05) is 12.1 Å². The first-order valence-corrected chi connectivity index (χ1v) is 3.86. The molecule has 0 radical (unpaired) electrons. The van der Waals surface area contributed by atoms with E-state index >= 15 is 0 Å². The number of hydrogen-bond acceptors (Lipinski definition) is 3. The largest absolute Gasteiger partial charge is 0.384 e. The molecule has 0 aliphatic rings. The molecule has 12 heavy (non-hydrogen) atoms. The van der Waals surface area contributed by atoms with Crippen molar-refractivity contribution >= 4 is 12.0 Å². The molecule has 0 unspecified atom stereocenters. The SMILES string of the molecule is NCCNc1ccc(C=O)cc1. The highest BCUT2D eigenvalue weighted by Crippen LogP contribution is 2.06. The first-order valence-electron chi connectivity index (χ1n) is 3.86. The van der Waals surface area contributed by atoms with Gasteiger partial charge in [-0.05, 0) is 24.3 Å². The lowest BCUT2D eigenvalue weighted by atomic mass is 10.2. The summed E-state index contributed by atoms with van der Waals surface area (Å²) in [6.45, 7) is 1.36. The third kappa shape index (κ3) is 2.36.